The molecule has 272 valence electrons. The fraction of sp³-hybridized carbons (Fsp3) is 0.511. The molecule has 0 N–H and O–H groups in total. The van der Waals surface area contributed by atoms with Gasteiger partial charge in [-0.05, 0) is 68.9 Å². The Morgan fingerprint density at radius 2 is 0.740 bits per heavy atom. The van der Waals surface area contributed by atoms with Gasteiger partial charge in [-0.1, -0.05) is 186 Å². The summed E-state index contributed by atoms with van der Waals surface area (Å²) in [4.78, 5) is 0. The average Bonchev–Trinajstić information content (AvgIpc) is 3.50. The van der Waals surface area contributed by atoms with Crippen molar-refractivity contribution in [2.75, 3.05) is 0 Å². The molecule has 50 heavy (non-hydrogen) atoms. The molecule has 1 aliphatic carbocycles. The van der Waals surface area contributed by atoms with Crippen LogP contribution in [0.15, 0.2) is 71.4 Å². The molecule has 1 aliphatic rings. The standard InChI is InChI=1S/C45H63Si.3ClH.Ti/c1-15-34(14)44-17-16-18-45(44)46(41-22-35(28(2)3)19-36(23-41)29(4)5,42-24-37(30(6)7)20-38(25-42)31(8)9)43-26-39(32(10)11)21-40(27-43)33(12)13;;;;/h16,19-34H,15,18H2,1-14H3;3*1H;/q-1;;;;+4/p-3. The van der Waals surface area contributed by atoms with Crippen molar-refractivity contribution in [3.05, 3.63) is 111 Å². The third-order valence-corrected chi connectivity index (χ3v) is 15.5. The number of hydrogen-bond acceptors (Lipinski definition) is 0. The maximum Gasteiger partial charge on any atom is 4.00 e. The van der Waals surface area contributed by atoms with Crippen LogP contribution in [0.2, 0.25) is 0 Å². The number of halogens is 3. The molecule has 1 unspecified atom stereocenters. The molecule has 3 aromatic carbocycles. The van der Waals surface area contributed by atoms with E-state index in [4.69, 9.17) is 0 Å². The third-order valence-electron chi connectivity index (χ3n) is 10.7. The van der Waals surface area contributed by atoms with E-state index in [0.29, 0.717) is 41.4 Å². The van der Waals surface area contributed by atoms with Gasteiger partial charge in [-0.2, -0.15) is 6.08 Å². The fourth-order valence-electron chi connectivity index (χ4n) is 7.16. The van der Waals surface area contributed by atoms with E-state index in [1.807, 2.05) is 0 Å². The van der Waals surface area contributed by atoms with Crippen LogP contribution in [0.1, 0.15) is 179 Å². The molecule has 0 fully saturated rings. The molecule has 1 atom stereocenters. The molecule has 0 saturated heterocycles. The maximum atomic E-state index is 3.89. The van der Waals surface area contributed by atoms with E-state index in [1.54, 1.807) is 20.8 Å². The Bertz CT molecular complexity index is 1360. The second-order valence-corrected chi connectivity index (χ2v) is 19.9. The largest absolute Gasteiger partial charge is 4.00 e. The summed E-state index contributed by atoms with van der Waals surface area (Å²) < 4.78 is 0. The maximum absolute atomic E-state index is 3.89. The average molecular weight is 786 g/mol. The van der Waals surface area contributed by atoms with Crippen LogP contribution in [0.3, 0.4) is 0 Å². The van der Waals surface area contributed by atoms with Crippen LogP contribution in [-0.4, -0.2) is 8.07 Å². The zero-order chi connectivity index (χ0) is 34.1. The van der Waals surface area contributed by atoms with E-state index in [-0.39, 0.29) is 58.9 Å². The predicted octanol–water partition coefficient (Wildman–Crippen LogP) is 2.55. The molecule has 0 bridgehead atoms. The summed E-state index contributed by atoms with van der Waals surface area (Å²) in [5.74, 6) is 3.23. The SMILES string of the molecule is CCC(C)C1=C([Si](c2cc(C(C)C)cc(C(C)C)c2)(c2cc(C(C)C)cc(C(C)C)c2)c2cc(C(C)C)cc(C(C)C)c2)CC=[C-]1.[Cl-].[Cl-].[Cl-].[Ti+4]. The van der Waals surface area contributed by atoms with Crippen LogP contribution < -0.4 is 52.8 Å². The van der Waals surface area contributed by atoms with Crippen molar-refractivity contribution in [1.29, 1.82) is 0 Å². The van der Waals surface area contributed by atoms with Crippen LogP contribution >= 0.6 is 0 Å². The molecule has 0 heterocycles. The van der Waals surface area contributed by atoms with Gasteiger partial charge in [0.05, 0.1) is 8.07 Å². The van der Waals surface area contributed by atoms with Gasteiger partial charge in [0.2, 0.25) is 0 Å². The molecular weight excluding hydrogens is 723 g/mol. The molecular formula is C45H63Cl3SiTi. The molecule has 3 aromatic rings. The molecule has 5 heteroatoms. The Hall–Kier alpha value is -1.06. The first kappa shape index (κ1) is 48.9. The van der Waals surface area contributed by atoms with Crippen molar-refractivity contribution in [1.82, 2.24) is 0 Å². The van der Waals surface area contributed by atoms with Gasteiger partial charge < -0.3 is 37.2 Å². The first-order chi connectivity index (χ1) is 21.6. The van der Waals surface area contributed by atoms with Gasteiger partial charge in [0, 0.05) is 0 Å². The van der Waals surface area contributed by atoms with Crippen LogP contribution in [0.5, 0.6) is 0 Å². The summed E-state index contributed by atoms with van der Waals surface area (Å²) in [7, 11) is -2.81. The van der Waals surface area contributed by atoms with E-state index < -0.39 is 8.07 Å². The Labute approximate surface area is 342 Å². The van der Waals surface area contributed by atoms with Gasteiger partial charge in [0.1, 0.15) is 0 Å². The summed E-state index contributed by atoms with van der Waals surface area (Å²) in [6.45, 7) is 33.2. The van der Waals surface area contributed by atoms with Crippen molar-refractivity contribution >= 4 is 23.6 Å². The van der Waals surface area contributed by atoms with Gasteiger partial charge >= 0.3 is 21.7 Å². The predicted molar refractivity (Wildman–Crippen MR) is 207 cm³/mol. The quantitative estimate of drug-likeness (QED) is 0.151. The number of rotatable bonds is 12. The Balaban J connectivity index is 0.00000600. The molecule has 0 nitrogen and oxygen atoms in total. The van der Waals surface area contributed by atoms with E-state index in [1.165, 1.54) is 39.0 Å². The summed E-state index contributed by atoms with van der Waals surface area (Å²) >= 11 is 0. The fourth-order valence-corrected chi connectivity index (χ4v) is 12.6. The Kier molecular flexibility index (Phi) is 20.0. The molecule has 0 aliphatic heterocycles. The van der Waals surface area contributed by atoms with Gasteiger partial charge in [-0.15, -0.1) is 0 Å². The summed E-state index contributed by atoms with van der Waals surface area (Å²) in [5, 5.41) is 6.33. The Morgan fingerprint density at radius 3 is 0.960 bits per heavy atom. The number of allylic oxidation sites excluding steroid dienone is 4. The summed E-state index contributed by atoms with van der Waals surface area (Å²) in [6, 6.07) is 23.3. The van der Waals surface area contributed by atoms with Crippen LogP contribution in [0.4, 0.5) is 0 Å². The van der Waals surface area contributed by atoms with Crippen LogP contribution in [0.25, 0.3) is 0 Å². The van der Waals surface area contributed by atoms with Crippen molar-refractivity contribution in [2.24, 2.45) is 5.92 Å². The normalized spacial score (nSPS) is 13.6. The summed E-state index contributed by atoms with van der Waals surface area (Å²) in [6.07, 6.45) is 8.36. The monoisotopic (exact) mass is 784 g/mol. The minimum atomic E-state index is -2.81. The molecule has 0 aromatic heterocycles. The van der Waals surface area contributed by atoms with Crippen molar-refractivity contribution in [3.8, 4) is 0 Å². The summed E-state index contributed by atoms with van der Waals surface area (Å²) in [5.41, 5.74) is 10.3. The van der Waals surface area contributed by atoms with Crippen molar-refractivity contribution in [2.45, 2.75) is 145 Å². The zero-order valence-corrected chi connectivity index (χ0v) is 38.2. The molecule has 4 rings (SSSR count). The molecule has 0 spiro atoms. The first-order valence-corrected chi connectivity index (χ1v) is 20.4. The first-order valence-electron chi connectivity index (χ1n) is 18.4. The van der Waals surface area contributed by atoms with Crippen molar-refractivity contribution in [3.63, 3.8) is 0 Å². The zero-order valence-electron chi connectivity index (χ0n) is 33.4. The molecule has 0 amide bonds. The van der Waals surface area contributed by atoms with E-state index in [9.17, 15) is 0 Å². The minimum Gasteiger partial charge on any atom is -1.00 e. The van der Waals surface area contributed by atoms with E-state index in [2.05, 4.69) is 164 Å². The van der Waals surface area contributed by atoms with E-state index in [0.717, 1.165) is 12.8 Å². The topological polar surface area (TPSA) is 0 Å². The second-order valence-electron chi connectivity index (χ2n) is 16.1. The number of benzene rings is 3. The Morgan fingerprint density at radius 1 is 0.480 bits per heavy atom. The van der Waals surface area contributed by atoms with Crippen LogP contribution in [-0.2, 0) is 21.7 Å². The van der Waals surface area contributed by atoms with Gasteiger partial charge in [0.25, 0.3) is 0 Å². The van der Waals surface area contributed by atoms with Gasteiger partial charge in [0.15, 0.2) is 0 Å². The smallest absolute Gasteiger partial charge is 1.00 e. The number of hydrogen-bond donors (Lipinski definition) is 0. The van der Waals surface area contributed by atoms with E-state index >= 15 is 0 Å². The molecule has 0 saturated carbocycles. The molecule has 0 radical (unpaired) electrons. The van der Waals surface area contributed by atoms with Crippen LogP contribution in [0, 0.1) is 12.0 Å². The van der Waals surface area contributed by atoms with Gasteiger partial charge in [-0.3, -0.25) is 6.08 Å². The minimum absolute atomic E-state index is 0. The second kappa shape index (κ2) is 20.4. The third kappa shape index (κ3) is 10.1. The van der Waals surface area contributed by atoms with Crippen molar-refractivity contribution < 1.29 is 58.9 Å². The van der Waals surface area contributed by atoms with Gasteiger partial charge in [-0.25, -0.2) is 10.8 Å².